The molecule has 2 heterocycles. The van der Waals surface area contributed by atoms with Crippen molar-refractivity contribution in [2.24, 2.45) is 0 Å². The van der Waals surface area contributed by atoms with Gasteiger partial charge in [0.2, 0.25) is 5.65 Å². The summed E-state index contributed by atoms with van der Waals surface area (Å²) in [6, 6.07) is 4.08. The van der Waals surface area contributed by atoms with Crippen molar-refractivity contribution in [3.8, 4) is 0 Å². The summed E-state index contributed by atoms with van der Waals surface area (Å²) >= 11 is 0. The Bertz CT molecular complexity index is 442. The zero-order valence-electron chi connectivity index (χ0n) is 7.90. The number of hydrogen-bond acceptors (Lipinski definition) is 3. The quantitative estimate of drug-likeness (QED) is 0.744. The Hall–Kier alpha value is -1.45. The molecule has 0 amide bonds. The number of hydrogen-bond donors (Lipinski definition) is 1. The summed E-state index contributed by atoms with van der Waals surface area (Å²) < 4.78 is 0. The zero-order chi connectivity index (χ0) is 9.38. The maximum atomic E-state index is 4.51. The minimum absolute atomic E-state index is 0.649. The third kappa shape index (κ3) is 1.18. The van der Waals surface area contributed by atoms with E-state index in [-0.39, 0.29) is 0 Å². The fraction of sp³-hybridized carbons (Fsp3) is 0.500. The first kappa shape index (κ1) is 7.91. The van der Waals surface area contributed by atoms with Crippen LogP contribution in [0.25, 0.3) is 11.2 Å². The summed E-state index contributed by atoms with van der Waals surface area (Å²) in [5.74, 6) is 0.649. The number of pyridine rings is 1. The van der Waals surface area contributed by atoms with Crippen molar-refractivity contribution in [2.45, 2.75) is 31.6 Å². The molecule has 72 valence electrons. The molecule has 14 heavy (non-hydrogen) atoms. The molecule has 4 heteroatoms. The fourth-order valence-electron chi connectivity index (χ4n) is 2.20. The van der Waals surface area contributed by atoms with Gasteiger partial charge in [-0.05, 0) is 25.0 Å². The molecule has 3 rings (SSSR count). The number of aromatic nitrogens is 4. The van der Waals surface area contributed by atoms with Crippen molar-refractivity contribution < 1.29 is 0 Å². The van der Waals surface area contributed by atoms with Crippen molar-refractivity contribution in [1.29, 1.82) is 0 Å². The van der Waals surface area contributed by atoms with Crippen LogP contribution >= 0.6 is 0 Å². The van der Waals surface area contributed by atoms with Gasteiger partial charge in [0, 0.05) is 11.6 Å². The molecule has 2 aromatic heterocycles. The van der Waals surface area contributed by atoms with Crippen LogP contribution in [0.4, 0.5) is 0 Å². The van der Waals surface area contributed by atoms with Crippen LogP contribution in [0.5, 0.6) is 0 Å². The van der Waals surface area contributed by atoms with E-state index in [9.17, 15) is 0 Å². The van der Waals surface area contributed by atoms with E-state index in [1.165, 1.54) is 31.4 Å². The topological polar surface area (TPSA) is 54.5 Å². The number of nitrogens with zero attached hydrogens (tertiary/aromatic N) is 3. The van der Waals surface area contributed by atoms with Gasteiger partial charge in [0.15, 0.2) is 0 Å². The number of rotatable bonds is 1. The molecule has 1 aliphatic rings. The highest BCUT2D eigenvalue weighted by Gasteiger charge is 2.18. The standard InChI is InChI=1S/C10H12N4/c1-2-4-7(3-1)8-5-6-9-10(11-8)13-14-12-9/h5-7H,1-4H2,(H,11,12,13,14). The van der Waals surface area contributed by atoms with E-state index in [0.717, 1.165) is 11.2 Å². The molecule has 4 nitrogen and oxygen atoms in total. The molecule has 0 aliphatic heterocycles. The van der Waals surface area contributed by atoms with Crippen LogP contribution in [0.1, 0.15) is 37.3 Å². The Kier molecular flexibility index (Phi) is 1.72. The average molecular weight is 188 g/mol. The van der Waals surface area contributed by atoms with E-state index in [4.69, 9.17) is 0 Å². The van der Waals surface area contributed by atoms with Gasteiger partial charge >= 0.3 is 0 Å². The largest absolute Gasteiger partial charge is 0.230 e. The Morgan fingerprint density at radius 2 is 2.00 bits per heavy atom. The molecule has 1 saturated carbocycles. The van der Waals surface area contributed by atoms with Crippen LogP contribution in [0.15, 0.2) is 12.1 Å². The van der Waals surface area contributed by atoms with Crippen LogP contribution in [0.3, 0.4) is 0 Å². The number of fused-ring (bicyclic) bond motifs is 1. The Balaban J connectivity index is 2.04. The van der Waals surface area contributed by atoms with Crippen LogP contribution in [-0.2, 0) is 0 Å². The highest BCUT2D eigenvalue weighted by atomic mass is 15.3. The van der Waals surface area contributed by atoms with Crippen molar-refractivity contribution in [3.63, 3.8) is 0 Å². The maximum absolute atomic E-state index is 4.51. The molecule has 2 aromatic rings. The summed E-state index contributed by atoms with van der Waals surface area (Å²) in [7, 11) is 0. The van der Waals surface area contributed by atoms with Gasteiger partial charge in [0.1, 0.15) is 5.52 Å². The van der Waals surface area contributed by atoms with Crippen LogP contribution in [-0.4, -0.2) is 20.4 Å². The first-order chi connectivity index (χ1) is 6.93. The second-order valence-electron chi connectivity index (χ2n) is 3.88. The van der Waals surface area contributed by atoms with Crippen LogP contribution in [0, 0.1) is 0 Å². The monoisotopic (exact) mass is 188 g/mol. The van der Waals surface area contributed by atoms with E-state index in [1.807, 2.05) is 6.07 Å². The van der Waals surface area contributed by atoms with Crippen molar-refractivity contribution in [3.05, 3.63) is 17.8 Å². The molecule has 1 fully saturated rings. The third-order valence-corrected chi connectivity index (χ3v) is 2.98. The van der Waals surface area contributed by atoms with Crippen LogP contribution < -0.4 is 0 Å². The van der Waals surface area contributed by atoms with Gasteiger partial charge in [-0.3, -0.25) is 0 Å². The highest BCUT2D eigenvalue weighted by molar-refractivity contribution is 5.68. The normalized spacial score (nSPS) is 18.0. The second-order valence-corrected chi connectivity index (χ2v) is 3.88. The average Bonchev–Trinajstić information content (AvgIpc) is 2.88. The molecular weight excluding hydrogens is 176 g/mol. The van der Waals surface area contributed by atoms with Crippen molar-refractivity contribution >= 4 is 11.2 Å². The van der Waals surface area contributed by atoms with Gasteiger partial charge in [-0.15, -0.1) is 5.10 Å². The molecule has 0 saturated heterocycles. The predicted molar refractivity (Wildman–Crippen MR) is 52.9 cm³/mol. The Morgan fingerprint density at radius 1 is 1.14 bits per heavy atom. The highest BCUT2D eigenvalue weighted by Crippen LogP contribution is 2.33. The number of H-pyrrole nitrogens is 1. The summed E-state index contributed by atoms with van der Waals surface area (Å²) in [6.45, 7) is 0. The Labute approximate surface area is 81.7 Å². The lowest BCUT2D eigenvalue weighted by Gasteiger charge is -2.06. The molecule has 0 atom stereocenters. The first-order valence-electron chi connectivity index (χ1n) is 5.11. The molecule has 1 N–H and O–H groups in total. The van der Waals surface area contributed by atoms with Gasteiger partial charge in [-0.1, -0.05) is 12.8 Å². The Morgan fingerprint density at radius 3 is 2.86 bits per heavy atom. The molecule has 0 bridgehead atoms. The minimum Gasteiger partial charge on any atom is -0.230 e. The van der Waals surface area contributed by atoms with E-state index in [2.05, 4.69) is 26.5 Å². The van der Waals surface area contributed by atoms with Gasteiger partial charge < -0.3 is 0 Å². The first-order valence-corrected chi connectivity index (χ1v) is 5.11. The van der Waals surface area contributed by atoms with Crippen molar-refractivity contribution in [1.82, 2.24) is 20.4 Å². The minimum atomic E-state index is 0.649. The second kappa shape index (κ2) is 3.04. The summed E-state index contributed by atoms with van der Waals surface area (Å²) in [4.78, 5) is 4.51. The third-order valence-electron chi connectivity index (χ3n) is 2.98. The van der Waals surface area contributed by atoms with E-state index in [1.54, 1.807) is 0 Å². The molecule has 1 aliphatic carbocycles. The van der Waals surface area contributed by atoms with E-state index >= 15 is 0 Å². The number of nitrogens with one attached hydrogen (secondary N) is 1. The van der Waals surface area contributed by atoms with Gasteiger partial charge in [-0.2, -0.15) is 10.3 Å². The lowest BCUT2D eigenvalue weighted by molar-refractivity contribution is 0.700. The lowest BCUT2D eigenvalue weighted by Crippen LogP contribution is -1.95. The van der Waals surface area contributed by atoms with E-state index < -0.39 is 0 Å². The van der Waals surface area contributed by atoms with Crippen molar-refractivity contribution in [2.75, 3.05) is 0 Å². The molecule has 0 spiro atoms. The summed E-state index contributed by atoms with van der Waals surface area (Å²) in [5.41, 5.74) is 2.78. The molecule has 0 aromatic carbocycles. The molecule has 0 unspecified atom stereocenters. The smallest absolute Gasteiger partial charge is 0.201 e. The van der Waals surface area contributed by atoms with Gasteiger partial charge in [0.25, 0.3) is 0 Å². The molecular formula is C10H12N4. The number of aromatic amines is 1. The van der Waals surface area contributed by atoms with Gasteiger partial charge in [-0.25, -0.2) is 4.98 Å². The zero-order valence-corrected chi connectivity index (χ0v) is 7.90. The predicted octanol–water partition coefficient (Wildman–Crippen LogP) is 2.01. The van der Waals surface area contributed by atoms with E-state index in [0.29, 0.717) is 5.92 Å². The lowest BCUT2D eigenvalue weighted by atomic mass is 10.0. The maximum Gasteiger partial charge on any atom is 0.201 e. The SMILES string of the molecule is c1cc2n[nH]nc2nc1C1CCCC1. The van der Waals surface area contributed by atoms with Crippen LogP contribution in [0.2, 0.25) is 0 Å². The summed E-state index contributed by atoms with van der Waals surface area (Å²) in [5, 5.41) is 10.6. The summed E-state index contributed by atoms with van der Waals surface area (Å²) in [6.07, 6.45) is 5.22. The molecule has 0 radical (unpaired) electrons. The van der Waals surface area contributed by atoms with Gasteiger partial charge in [0.05, 0.1) is 0 Å². The fourth-order valence-corrected chi connectivity index (χ4v) is 2.20.